The lowest BCUT2D eigenvalue weighted by molar-refractivity contribution is -0.112. The number of nitrogens with zero attached hydrogens (tertiary/aromatic N) is 1. The Hall–Kier alpha value is -2.33. The molecule has 0 saturated heterocycles. The maximum atomic E-state index is 12.0. The lowest BCUT2D eigenvalue weighted by Gasteiger charge is -2.04. The molecular weight excluding hydrogens is 379 g/mol. The zero-order valence-corrected chi connectivity index (χ0v) is 13.0. The normalized spacial score (nSPS) is 10.8. The summed E-state index contributed by atoms with van der Waals surface area (Å²) in [6.45, 7) is 0. The molecule has 0 saturated carbocycles. The summed E-state index contributed by atoms with van der Waals surface area (Å²) in [6.07, 6.45) is 1.49. The number of carbonyl (C=O) groups is 1. The SMILES string of the molecule is N#CC(=Cc1ccc(O)c(I)c1)C(=O)Nc1ccccc1. The highest BCUT2D eigenvalue weighted by Crippen LogP contribution is 2.21. The van der Waals surface area contributed by atoms with Gasteiger partial charge in [0.1, 0.15) is 17.4 Å². The van der Waals surface area contributed by atoms with Gasteiger partial charge in [-0.1, -0.05) is 24.3 Å². The average molecular weight is 390 g/mol. The lowest BCUT2D eigenvalue weighted by atomic mass is 10.1. The molecule has 0 aliphatic carbocycles. The number of benzene rings is 2. The van der Waals surface area contributed by atoms with Crippen molar-refractivity contribution in [2.45, 2.75) is 0 Å². The average Bonchev–Trinajstić information content (AvgIpc) is 2.49. The number of nitriles is 1. The van der Waals surface area contributed by atoms with Crippen LogP contribution in [-0.4, -0.2) is 11.0 Å². The molecule has 0 bridgehead atoms. The highest BCUT2D eigenvalue weighted by molar-refractivity contribution is 14.1. The van der Waals surface area contributed by atoms with E-state index in [1.54, 1.807) is 36.4 Å². The molecule has 1 amide bonds. The molecule has 0 aliphatic heterocycles. The molecule has 5 heteroatoms. The van der Waals surface area contributed by atoms with E-state index in [2.05, 4.69) is 5.32 Å². The van der Waals surface area contributed by atoms with Crippen molar-refractivity contribution in [2.75, 3.05) is 5.32 Å². The van der Waals surface area contributed by atoms with E-state index in [0.29, 0.717) is 14.8 Å². The van der Waals surface area contributed by atoms with Crippen molar-refractivity contribution in [1.82, 2.24) is 0 Å². The molecule has 4 nitrogen and oxygen atoms in total. The highest BCUT2D eigenvalue weighted by Gasteiger charge is 2.09. The first-order chi connectivity index (χ1) is 10.1. The van der Waals surface area contributed by atoms with Gasteiger partial charge < -0.3 is 10.4 Å². The minimum absolute atomic E-state index is 0.000317. The number of halogens is 1. The number of amides is 1. The van der Waals surface area contributed by atoms with Gasteiger partial charge in [-0.3, -0.25) is 4.79 Å². The Morgan fingerprint density at radius 3 is 2.57 bits per heavy atom. The summed E-state index contributed by atoms with van der Waals surface area (Å²) in [4.78, 5) is 12.0. The second-order valence-corrected chi connectivity index (χ2v) is 5.36. The second-order valence-electron chi connectivity index (χ2n) is 4.20. The number of anilines is 1. The number of carbonyl (C=O) groups excluding carboxylic acids is 1. The predicted octanol–water partition coefficient (Wildman–Crippen LogP) is 3.54. The molecule has 2 rings (SSSR count). The number of aromatic hydroxyl groups is 1. The third kappa shape index (κ3) is 4.07. The van der Waals surface area contributed by atoms with Gasteiger partial charge in [0.25, 0.3) is 5.91 Å². The van der Waals surface area contributed by atoms with Crippen molar-refractivity contribution in [3.05, 3.63) is 63.2 Å². The fourth-order valence-electron chi connectivity index (χ4n) is 1.65. The third-order valence-corrected chi connectivity index (χ3v) is 3.54. The molecule has 0 aliphatic rings. The molecule has 0 spiro atoms. The predicted molar refractivity (Wildman–Crippen MR) is 89.5 cm³/mol. The lowest BCUT2D eigenvalue weighted by Crippen LogP contribution is -2.13. The summed E-state index contributed by atoms with van der Waals surface area (Å²) in [5, 5.41) is 21.3. The Morgan fingerprint density at radius 1 is 1.24 bits per heavy atom. The van der Waals surface area contributed by atoms with Crippen LogP contribution < -0.4 is 5.32 Å². The van der Waals surface area contributed by atoms with Crippen LogP contribution in [0.3, 0.4) is 0 Å². The van der Waals surface area contributed by atoms with E-state index in [-0.39, 0.29) is 11.3 Å². The van der Waals surface area contributed by atoms with Gasteiger partial charge >= 0.3 is 0 Å². The minimum atomic E-state index is -0.466. The monoisotopic (exact) mass is 390 g/mol. The van der Waals surface area contributed by atoms with Crippen molar-refractivity contribution in [1.29, 1.82) is 5.26 Å². The van der Waals surface area contributed by atoms with Gasteiger partial charge in [0.05, 0.1) is 3.57 Å². The largest absolute Gasteiger partial charge is 0.507 e. The molecule has 0 atom stereocenters. The molecular formula is C16H11IN2O2. The molecule has 104 valence electrons. The van der Waals surface area contributed by atoms with Gasteiger partial charge in [-0.2, -0.15) is 5.26 Å². The van der Waals surface area contributed by atoms with Gasteiger partial charge in [-0.05, 0) is 58.5 Å². The maximum Gasteiger partial charge on any atom is 0.266 e. The molecule has 0 aromatic heterocycles. The molecule has 0 heterocycles. The first-order valence-electron chi connectivity index (χ1n) is 6.07. The second kappa shape index (κ2) is 6.90. The van der Waals surface area contributed by atoms with Crippen molar-refractivity contribution < 1.29 is 9.90 Å². The van der Waals surface area contributed by atoms with E-state index < -0.39 is 5.91 Å². The third-order valence-electron chi connectivity index (χ3n) is 2.68. The minimum Gasteiger partial charge on any atom is -0.507 e. The Morgan fingerprint density at radius 2 is 1.95 bits per heavy atom. The molecule has 2 aromatic carbocycles. The number of phenolic OH excluding ortho intramolecular Hbond substituents is 1. The molecule has 21 heavy (non-hydrogen) atoms. The van der Waals surface area contributed by atoms with E-state index in [1.165, 1.54) is 12.1 Å². The molecule has 2 N–H and O–H groups in total. The van der Waals surface area contributed by atoms with Gasteiger partial charge in [0.2, 0.25) is 0 Å². The van der Waals surface area contributed by atoms with E-state index >= 15 is 0 Å². The van der Waals surface area contributed by atoms with Crippen molar-refractivity contribution >= 4 is 40.3 Å². The van der Waals surface area contributed by atoms with Crippen LogP contribution in [0, 0.1) is 14.9 Å². The van der Waals surface area contributed by atoms with Gasteiger partial charge in [-0.25, -0.2) is 0 Å². The fraction of sp³-hybridized carbons (Fsp3) is 0. The van der Waals surface area contributed by atoms with Crippen molar-refractivity contribution in [3.8, 4) is 11.8 Å². The fourth-order valence-corrected chi connectivity index (χ4v) is 2.19. The summed E-state index contributed by atoms with van der Waals surface area (Å²) in [5.41, 5.74) is 1.31. The van der Waals surface area contributed by atoms with Crippen LogP contribution in [0.5, 0.6) is 5.75 Å². The van der Waals surface area contributed by atoms with Crippen LogP contribution in [-0.2, 0) is 4.79 Å². The van der Waals surface area contributed by atoms with Gasteiger partial charge in [0.15, 0.2) is 0 Å². The first-order valence-corrected chi connectivity index (χ1v) is 7.15. The zero-order valence-electron chi connectivity index (χ0n) is 10.9. The van der Waals surface area contributed by atoms with Crippen molar-refractivity contribution in [3.63, 3.8) is 0 Å². The van der Waals surface area contributed by atoms with E-state index in [0.717, 1.165) is 0 Å². The Labute approximate surface area is 135 Å². The molecule has 0 fully saturated rings. The Kier molecular flexibility index (Phi) is 4.95. The highest BCUT2D eigenvalue weighted by atomic mass is 127. The van der Waals surface area contributed by atoms with Gasteiger partial charge in [-0.15, -0.1) is 0 Å². The van der Waals surface area contributed by atoms with Crippen LogP contribution in [0.25, 0.3) is 6.08 Å². The van der Waals surface area contributed by atoms with Crippen LogP contribution >= 0.6 is 22.6 Å². The summed E-state index contributed by atoms with van der Waals surface area (Å²) in [5.74, 6) is -0.299. The van der Waals surface area contributed by atoms with E-state index in [9.17, 15) is 9.90 Å². The molecule has 0 radical (unpaired) electrons. The zero-order chi connectivity index (χ0) is 15.2. The smallest absolute Gasteiger partial charge is 0.266 e. The number of phenols is 1. The topological polar surface area (TPSA) is 73.1 Å². The maximum absolute atomic E-state index is 12.0. The van der Waals surface area contributed by atoms with Crippen LogP contribution in [0.4, 0.5) is 5.69 Å². The Balaban J connectivity index is 2.22. The number of para-hydroxylation sites is 1. The van der Waals surface area contributed by atoms with Crippen molar-refractivity contribution in [2.24, 2.45) is 0 Å². The molecule has 2 aromatic rings. The summed E-state index contributed by atoms with van der Waals surface area (Å²) in [7, 11) is 0. The molecule has 0 unspecified atom stereocenters. The summed E-state index contributed by atoms with van der Waals surface area (Å²) in [6, 6.07) is 15.7. The number of hydrogen-bond donors (Lipinski definition) is 2. The summed E-state index contributed by atoms with van der Waals surface area (Å²) >= 11 is 1.98. The summed E-state index contributed by atoms with van der Waals surface area (Å²) < 4.78 is 0.655. The standard InChI is InChI=1S/C16H11IN2O2/c17-14-9-11(6-7-15(14)20)8-12(10-18)16(21)19-13-4-2-1-3-5-13/h1-9,20H,(H,19,21). The quantitative estimate of drug-likeness (QED) is 0.479. The van der Waals surface area contributed by atoms with Crippen LogP contribution in [0.1, 0.15) is 5.56 Å². The van der Waals surface area contributed by atoms with E-state index in [1.807, 2.05) is 34.7 Å². The number of hydrogen-bond acceptors (Lipinski definition) is 3. The first kappa shape index (κ1) is 15.1. The Bertz CT molecular complexity index is 734. The number of rotatable bonds is 3. The van der Waals surface area contributed by atoms with Crippen LogP contribution in [0.15, 0.2) is 54.1 Å². The number of nitrogens with one attached hydrogen (secondary N) is 1. The van der Waals surface area contributed by atoms with Gasteiger partial charge in [0, 0.05) is 5.69 Å². The van der Waals surface area contributed by atoms with Crippen LogP contribution in [0.2, 0.25) is 0 Å². The van der Waals surface area contributed by atoms with E-state index in [4.69, 9.17) is 5.26 Å².